The number of hydrogen-bond acceptors (Lipinski definition) is 5. The third kappa shape index (κ3) is 1.97. The molecule has 5 atom stereocenters. The Kier molecular flexibility index (Phi) is 3.57. The minimum Gasteiger partial charge on any atom is -0.394 e. The Morgan fingerprint density at radius 1 is 1.38 bits per heavy atom. The molecule has 1 fully saturated rings. The van der Waals surface area contributed by atoms with E-state index in [-0.39, 0.29) is 0 Å². The van der Waals surface area contributed by atoms with Gasteiger partial charge in [0.2, 0.25) is 6.36 Å². The Labute approximate surface area is 74.7 Å². The molecular weight excluding hydrogens is 183 g/mol. The van der Waals surface area contributed by atoms with E-state index in [1.807, 2.05) is 0 Å². The van der Waals surface area contributed by atoms with Gasteiger partial charge in [0.25, 0.3) is 0 Å². The normalized spacial score (nSPS) is 46.4. The second-order valence-corrected chi connectivity index (χ2v) is 2.89. The van der Waals surface area contributed by atoms with Crippen LogP contribution in [0.2, 0.25) is 0 Å². The van der Waals surface area contributed by atoms with E-state index in [1.165, 1.54) is 7.11 Å². The number of alkyl halides is 1. The molecule has 78 valence electrons. The zero-order chi connectivity index (χ0) is 10.0. The van der Waals surface area contributed by atoms with Crippen molar-refractivity contribution in [2.45, 2.75) is 30.8 Å². The zero-order valence-corrected chi connectivity index (χ0v) is 7.13. The van der Waals surface area contributed by atoms with Gasteiger partial charge in [-0.05, 0) is 0 Å². The number of aliphatic hydroxyl groups is 3. The van der Waals surface area contributed by atoms with E-state index in [0.29, 0.717) is 0 Å². The van der Waals surface area contributed by atoms with Gasteiger partial charge in [-0.1, -0.05) is 0 Å². The molecule has 0 aromatic rings. The first-order chi connectivity index (χ1) is 6.11. The van der Waals surface area contributed by atoms with Crippen molar-refractivity contribution in [3.05, 3.63) is 0 Å². The van der Waals surface area contributed by atoms with Gasteiger partial charge in [-0.2, -0.15) is 0 Å². The molecule has 0 spiro atoms. The summed E-state index contributed by atoms with van der Waals surface area (Å²) < 4.78 is 22.0. The van der Waals surface area contributed by atoms with Crippen molar-refractivity contribution < 1.29 is 29.2 Å². The van der Waals surface area contributed by atoms with Crippen molar-refractivity contribution in [2.24, 2.45) is 0 Å². The van der Waals surface area contributed by atoms with Crippen LogP contribution < -0.4 is 0 Å². The molecule has 1 rings (SSSR count). The van der Waals surface area contributed by atoms with Crippen molar-refractivity contribution in [2.75, 3.05) is 13.7 Å². The average Bonchev–Trinajstić information content (AvgIpc) is 2.12. The first-order valence-corrected chi connectivity index (χ1v) is 3.91. The van der Waals surface area contributed by atoms with Gasteiger partial charge >= 0.3 is 0 Å². The lowest BCUT2D eigenvalue weighted by molar-refractivity contribution is -0.268. The first kappa shape index (κ1) is 10.8. The molecule has 5 nitrogen and oxygen atoms in total. The lowest BCUT2D eigenvalue weighted by Crippen LogP contribution is -2.57. The van der Waals surface area contributed by atoms with Gasteiger partial charge in [0, 0.05) is 7.11 Å². The molecule has 0 saturated carbocycles. The van der Waals surface area contributed by atoms with Crippen LogP contribution in [0.25, 0.3) is 0 Å². The summed E-state index contributed by atoms with van der Waals surface area (Å²) in [4.78, 5) is 0. The van der Waals surface area contributed by atoms with Crippen LogP contribution in [-0.2, 0) is 9.47 Å². The molecule has 1 aliphatic rings. The number of methoxy groups -OCH3 is 1. The van der Waals surface area contributed by atoms with Crippen LogP contribution in [0.3, 0.4) is 0 Å². The standard InChI is InChI=1S/C7H13FO5/c1-12-6-4(10)3(2-9)13-7(8)5(6)11/h3-7,9-11H,2H2,1H3/t3-,4-,5-,6+,7+/m1/s1. The molecule has 0 aromatic carbocycles. The average molecular weight is 196 g/mol. The van der Waals surface area contributed by atoms with Crippen LogP contribution >= 0.6 is 0 Å². The van der Waals surface area contributed by atoms with E-state index in [9.17, 15) is 9.50 Å². The monoisotopic (exact) mass is 196 g/mol. The van der Waals surface area contributed by atoms with Crippen molar-refractivity contribution in [1.82, 2.24) is 0 Å². The molecule has 0 unspecified atom stereocenters. The molecule has 1 heterocycles. The fourth-order valence-corrected chi connectivity index (χ4v) is 1.32. The molecule has 6 heteroatoms. The highest BCUT2D eigenvalue weighted by Gasteiger charge is 2.44. The topological polar surface area (TPSA) is 79.2 Å². The van der Waals surface area contributed by atoms with Crippen LogP contribution in [0.1, 0.15) is 0 Å². The summed E-state index contributed by atoms with van der Waals surface area (Å²) in [7, 11) is 1.24. The second kappa shape index (κ2) is 4.30. The van der Waals surface area contributed by atoms with Crippen LogP contribution in [0.5, 0.6) is 0 Å². The summed E-state index contributed by atoms with van der Waals surface area (Å²) in [6.45, 7) is -0.520. The molecular formula is C7H13FO5. The van der Waals surface area contributed by atoms with Crippen LogP contribution in [0.4, 0.5) is 4.39 Å². The van der Waals surface area contributed by atoms with E-state index in [2.05, 4.69) is 9.47 Å². The number of hydrogen-bond donors (Lipinski definition) is 3. The Balaban J connectivity index is 2.69. The van der Waals surface area contributed by atoms with Gasteiger partial charge in [0.15, 0.2) is 0 Å². The molecule has 3 N–H and O–H groups in total. The van der Waals surface area contributed by atoms with Gasteiger partial charge < -0.3 is 24.8 Å². The first-order valence-electron chi connectivity index (χ1n) is 3.91. The fraction of sp³-hybridized carbons (Fsp3) is 1.00. The minimum atomic E-state index is -1.94. The Morgan fingerprint density at radius 3 is 2.46 bits per heavy atom. The zero-order valence-electron chi connectivity index (χ0n) is 7.13. The highest BCUT2D eigenvalue weighted by molar-refractivity contribution is 4.89. The summed E-state index contributed by atoms with van der Waals surface area (Å²) in [6, 6.07) is 0. The Hall–Kier alpha value is -0.270. The van der Waals surface area contributed by atoms with Crippen molar-refractivity contribution >= 4 is 0 Å². The smallest absolute Gasteiger partial charge is 0.228 e. The van der Waals surface area contributed by atoms with Crippen LogP contribution in [-0.4, -0.2) is 59.8 Å². The third-order valence-corrected chi connectivity index (χ3v) is 2.08. The summed E-state index contributed by atoms with van der Waals surface area (Å²) >= 11 is 0. The van der Waals surface area contributed by atoms with Gasteiger partial charge in [-0.3, -0.25) is 0 Å². The van der Waals surface area contributed by atoms with Crippen LogP contribution in [0, 0.1) is 0 Å². The molecule has 13 heavy (non-hydrogen) atoms. The number of rotatable bonds is 2. The summed E-state index contributed by atoms with van der Waals surface area (Å²) in [5, 5.41) is 27.2. The molecule has 0 bridgehead atoms. The van der Waals surface area contributed by atoms with Gasteiger partial charge in [-0.15, -0.1) is 0 Å². The maximum Gasteiger partial charge on any atom is 0.228 e. The van der Waals surface area contributed by atoms with Gasteiger partial charge in [0.05, 0.1) is 6.61 Å². The lowest BCUT2D eigenvalue weighted by atomic mass is 10.00. The predicted octanol–water partition coefficient (Wildman–Crippen LogP) is -1.59. The fourth-order valence-electron chi connectivity index (χ4n) is 1.32. The van der Waals surface area contributed by atoms with E-state index < -0.39 is 37.4 Å². The SMILES string of the molecule is CO[C@@H]1[C@@H](O)[C@@H](F)O[C@H](CO)[C@H]1O. The number of halogens is 1. The number of ether oxygens (including phenoxy) is 2. The quantitative estimate of drug-likeness (QED) is 0.496. The van der Waals surface area contributed by atoms with E-state index in [0.717, 1.165) is 0 Å². The Bertz CT molecular complexity index is 167. The summed E-state index contributed by atoms with van der Waals surface area (Å²) in [6.07, 6.45) is -6.81. The lowest BCUT2D eigenvalue weighted by Gasteiger charge is -2.38. The minimum absolute atomic E-state index is 0.520. The second-order valence-electron chi connectivity index (χ2n) is 2.89. The molecule has 0 amide bonds. The maximum absolute atomic E-state index is 12.9. The van der Waals surface area contributed by atoms with Crippen LogP contribution in [0.15, 0.2) is 0 Å². The third-order valence-electron chi connectivity index (χ3n) is 2.08. The van der Waals surface area contributed by atoms with E-state index >= 15 is 0 Å². The molecule has 1 saturated heterocycles. The summed E-state index contributed by atoms with van der Waals surface area (Å²) in [5.41, 5.74) is 0. The molecule has 0 aromatic heterocycles. The van der Waals surface area contributed by atoms with Crippen molar-refractivity contribution in [1.29, 1.82) is 0 Å². The van der Waals surface area contributed by atoms with Gasteiger partial charge in [-0.25, -0.2) is 4.39 Å². The molecule has 0 aliphatic carbocycles. The van der Waals surface area contributed by atoms with E-state index in [4.69, 9.17) is 10.2 Å². The van der Waals surface area contributed by atoms with Crippen molar-refractivity contribution in [3.8, 4) is 0 Å². The predicted molar refractivity (Wildman–Crippen MR) is 39.7 cm³/mol. The highest BCUT2D eigenvalue weighted by atomic mass is 19.1. The Morgan fingerprint density at radius 2 is 2.00 bits per heavy atom. The summed E-state index contributed by atoms with van der Waals surface area (Å²) in [5.74, 6) is 0. The van der Waals surface area contributed by atoms with E-state index in [1.54, 1.807) is 0 Å². The molecule has 0 radical (unpaired) electrons. The number of aliphatic hydroxyl groups excluding tert-OH is 3. The maximum atomic E-state index is 12.9. The van der Waals surface area contributed by atoms with Crippen molar-refractivity contribution in [3.63, 3.8) is 0 Å². The highest BCUT2D eigenvalue weighted by Crippen LogP contribution is 2.23. The molecule has 1 aliphatic heterocycles. The van der Waals surface area contributed by atoms with Gasteiger partial charge in [0.1, 0.15) is 24.4 Å². The largest absolute Gasteiger partial charge is 0.394 e.